The van der Waals surface area contributed by atoms with Crippen LogP contribution in [0.25, 0.3) is 0 Å². The van der Waals surface area contributed by atoms with Gasteiger partial charge >= 0.3 is 0 Å². The molecule has 0 amide bonds. The smallest absolute Gasteiger partial charge is 0.173 e. The Balaban J connectivity index is 2.08. The van der Waals surface area contributed by atoms with E-state index < -0.39 is 0 Å². The lowest BCUT2D eigenvalue weighted by molar-refractivity contribution is 0.442. The Morgan fingerprint density at radius 2 is 1.90 bits per heavy atom. The van der Waals surface area contributed by atoms with Gasteiger partial charge in [-0.25, -0.2) is 0 Å². The normalized spacial score (nSPS) is 10.2. The van der Waals surface area contributed by atoms with Crippen LogP contribution in [0.15, 0.2) is 42.7 Å². The Bertz CT molecular complexity index is 611. The van der Waals surface area contributed by atoms with Crippen LogP contribution >= 0.6 is 12.2 Å². The van der Waals surface area contributed by atoms with Gasteiger partial charge in [-0.3, -0.25) is 4.98 Å². The quantitative estimate of drug-likeness (QED) is 0.866. The molecule has 1 aromatic carbocycles. The molecule has 0 atom stereocenters. The van der Waals surface area contributed by atoms with Crippen molar-refractivity contribution in [1.82, 2.24) is 9.88 Å². The van der Waals surface area contributed by atoms with Crippen molar-refractivity contribution in [2.24, 2.45) is 0 Å². The van der Waals surface area contributed by atoms with Crippen LogP contribution in [0.5, 0.6) is 0 Å². The van der Waals surface area contributed by atoms with Gasteiger partial charge in [0.1, 0.15) is 0 Å². The lowest BCUT2D eigenvalue weighted by Gasteiger charge is -2.25. The fourth-order valence-electron chi connectivity index (χ4n) is 2.12. The van der Waals surface area contributed by atoms with E-state index >= 15 is 0 Å². The van der Waals surface area contributed by atoms with Crippen LogP contribution in [-0.4, -0.2) is 21.5 Å². The van der Waals surface area contributed by atoms with E-state index in [1.165, 1.54) is 16.7 Å². The maximum atomic E-state index is 5.56. The van der Waals surface area contributed by atoms with Crippen LogP contribution in [0.1, 0.15) is 23.6 Å². The third-order valence-corrected chi connectivity index (χ3v) is 4.00. The zero-order valence-electron chi connectivity index (χ0n) is 12.8. The maximum Gasteiger partial charge on any atom is 0.173 e. The van der Waals surface area contributed by atoms with E-state index in [-0.39, 0.29) is 0 Å². The van der Waals surface area contributed by atoms with Crippen molar-refractivity contribution in [2.45, 2.75) is 27.3 Å². The molecule has 0 bridgehead atoms. The third kappa shape index (κ3) is 4.02. The number of hydrogen-bond donors (Lipinski definition) is 1. The highest BCUT2D eigenvalue weighted by Crippen LogP contribution is 2.18. The second-order valence-corrected chi connectivity index (χ2v) is 5.43. The molecular weight excluding hydrogens is 278 g/mol. The van der Waals surface area contributed by atoms with E-state index in [9.17, 15) is 0 Å². The van der Waals surface area contributed by atoms with Gasteiger partial charge in [0, 0.05) is 31.2 Å². The molecule has 4 heteroatoms. The Labute approximate surface area is 132 Å². The number of thiocarbonyl (C=S) groups is 1. The topological polar surface area (TPSA) is 28.2 Å². The first-order valence-electron chi connectivity index (χ1n) is 7.13. The Hall–Kier alpha value is -1.94. The fourth-order valence-corrected chi connectivity index (χ4v) is 2.42. The summed E-state index contributed by atoms with van der Waals surface area (Å²) in [5.74, 6) is 0. The highest BCUT2D eigenvalue weighted by Gasteiger charge is 2.10. The van der Waals surface area contributed by atoms with Gasteiger partial charge < -0.3 is 10.2 Å². The highest BCUT2D eigenvalue weighted by atomic mass is 32.1. The van der Waals surface area contributed by atoms with Crippen LogP contribution in [-0.2, 0) is 6.54 Å². The van der Waals surface area contributed by atoms with Crippen molar-refractivity contribution in [3.05, 3.63) is 59.4 Å². The molecule has 3 nitrogen and oxygen atoms in total. The molecule has 1 heterocycles. The van der Waals surface area contributed by atoms with Crippen molar-refractivity contribution in [2.75, 3.05) is 11.9 Å². The summed E-state index contributed by atoms with van der Waals surface area (Å²) >= 11 is 5.56. The van der Waals surface area contributed by atoms with E-state index in [0.717, 1.165) is 23.9 Å². The molecule has 0 aliphatic heterocycles. The molecule has 110 valence electrons. The number of pyridine rings is 1. The molecule has 0 saturated carbocycles. The summed E-state index contributed by atoms with van der Waals surface area (Å²) in [4.78, 5) is 6.19. The monoisotopic (exact) mass is 299 g/mol. The van der Waals surface area contributed by atoms with E-state index in [0.29, 0.717) is 0 Å². The maximum absolute atomic E-state index is 5.56. The van der Waals surface area contributed by atoms with Crippen molar-refractivity contribution < 1.29 is 0 Å². The van der Waals surface area contributed by atoms with Crippen LogP contribution < -0.4 is 5.32 Å². The van der Waals surface area contributed by atoms with Crippen LogP contribution in [0.3, 0.4) is 0 Å². The van der Waals surface area contributed by atoms with Gasteiger partial charge in [0.2, 0.25) is 0 Å². The minimum absolute atomic E-state index is 0.753. The van der Waals surface area contributed by atoms with Gasteiger partial charge in [-0.15, -0.1) is 0 Å². The molecule has 2 aromatic rings. The Morgan fingerprint density at radius 1 is 1.19 bits per heavy atom. The molecule has 21 heavy (non-hydrogen) atoms. The molecule has 0 aliphatic rings. The Kier molecular flexibility index (Phi) is 5.28. The number of aryl methyl sites for hydroxylation is 1. The standard InChI is InChI=1S/C17H21N3S/c1-4-20(12-15-8-10-18-11-9-15)17(21)19-16-7-5-6-13(2)14(16)3/h5-11H,4,12H2,1-3H3,(H,19,21). The highest BCUT2D eigenvalue weighted by molar-refractivity contribution is 7.80. The van der Waals surface area contributed by atoms with Crippen LogP contribution in [0.4, 0.5) is 5.69 Å². The van der Waals surface area contributed by atoms with Gasteiger partial charge in [-0.1, -0.05) is 12.1 Å². The number of nitrogens with one attached hydrogen (secondary N) is 1. The van der Waals surface area contributed by atoms with E-state index in [2.05, 4.69) is 48.1 Å². The van der Waals surface area contributed by atoms with Crippen LogP contribution in [0, 0.1) is 13.8 Å². The summed E-state index contributed by atoms with van der Waals surface area (Å²) in [6, 6.07) is 10.3. The summed E-state index contributed by atoms with van der Waals surface area (Å²) in [5, 5.41) is 4.12. The molecule has 1 aromatic heterocycles. The summed E-state index contributed by atoms with van der Waals surface area (Å²) in [6.45, 7) is 7.98. The average molecular weight is 299 g/mol. The molecule has 0 aliphatic carbocycles. The van der Waals surface area contributed by atoms with Crippen LogP contribution in [0.2, 0.25) is 0 Å². The first kappa shape index (κ1) is 15.4. The first-order chi connectivity index (χ1) is 10.1. The summed E-state index contributed by atoms with van der Waals surface area (Å²) in [6.07, 6.45) is 3.62. The minimum atomic E-state index is 0.753. The number of nitrogens with zero attached hydrogens (tertiary/aromatic N) is 2. The van der Waals surface area contributed by atoms with Crippen molar-refractivity contribution in [3.63, 3.8) is 0 Å². The van der Waals surface area contributed by atoms with Gasteiger partial charge in [-0.05, 0) is 67.9 Å². The SMILES string of the molecule is CCN(Cc1ccncc1)C(=S)Nc1cccc(C)c1C. The van der Waals surface area contributed by atoms with Crippen molar-refractivity contribution in [3.8, 4) is 0 Å². The Morgan fingerprint density at radius 3 is 2.57 bits per heavy atom. The van der Waals surface area contributed by atoms with Crippen molar-refractivity contribution >= 4 is 23.0 Å². The molecule has 0 fully saturated rings. The molecule has 0 saturated heterocycles. The molecule has 0 spiro atoms. The summed E-state index contributed by atoms with van der Waals surface area (Å²) in [7, 11) is 0. The van der Waals surface area contributed by atoms with E-state index in [1.807, 2.05) is 30.6 Å². The average Bonchev–Trinajstić information content (AvgIpc) is 2.50. The number of hydrogen-bond acceptors (Lipinski definition) is 2. The van der Waals surface area contributed by atoms with Gasteiger partial charge in [-0.2, -0.15) is 0 Å². The lowest BCUT2D eigenvalue weighted by atomic mass is 10.1. The second-order valence-electron chi connectivity index (χ2n) is 5.05. The number of aromatic nitrogens is 1. The van der Waals surface area contributed by atoms with Gasteiger partial charge in [0.05, 0.1) is 0 Å². The minimum Gasteiger partial charge on any atom is -0.345 e. The molecule has 0 unspecified atom stereocenters. The summed E-state index contributed by atoms with van der Waals surface area (Å²) in [5.41, 5.74) is 4.78. The predicted molar refractivity (Wildman–Crippen MR) is 92.5 cm³/mol. The number of anilines is 1. The van der Waals surface area contributed by atoms with E-state index in [1.54, 1.807) is 0 Å². The van der Waals surface area contributed by atoms with Gasteiger partial charge in [0.25, 0.3) is 0 Å². The molecule has 0 radical (unpaired) electrons. The van der Waals surface area contributed by atoms with Gasteiger partial charge in [0.15, 0.2) is 5.11 Å². The second kappa shape index (κ2) is 7.18. The largest absolute Gasteiger partial charge is 0.345 e. The van der Waals surface area contributed by atoms with E-state index in [4.69, 9.17) is 12.2 Å². The summed E-state index contributed by atoms with van der Waals surface area (Å²) < 4.78 is 0. The number of rotatable bonds is 4. The first-order valence-corrected chi connectivity index (χ1v) is 7.53. The molecule has 2 rings (SSSR count). The third-order valence-electron chi connectivity index (χ3n) is 3.64. The zero-order valence-corrected chi connectivity index (χ0v) is 13.6. The zero-order chi connectivity index (χ0) is 15.2. The molecule has 1 N–H and O–H groups in total. The fraction of sp³-hybridized carbons (Fsp3) is 0.294. The molecular formula is C17H21N3S. The predicted octanol–water partition coefficient (Wildman–Crippen LogP) is 3.92. The van der Waals surface area contributed by atoms with Crippen molar-refractivity contribution in [1.29, 1.82) is 0 Å². The number of benzene rings is 1. The lowest BCUT2D eigenvalue weighted by Crippen LogP contribution is -2.34.